The summed E-state index contributed by atoms with van der Waals surface area (Å²) in [5.41, 5.74) is 5.12. The van der Waals surface area contributed by atoms with Crippen LogP contribution in [-0.2, 0) is 17.8 Å². The van der Waals surface area contributed by atoms with E-state index in [2.05, 4.69) is 79.3 Å². The van der Waals surface area contributed by atoms with Gasteiger partial charge in [0.1, 0.15) is 0 Å². The van der Waals surface area contributed by atoms with Crippen LogP contribution < -0.4 is 5.32 Å². The first kappa shape index (κ1) is 19.2. The van der Waals surface area contributed by atoms with Crippen LogP contribution in [0.25, 0.3) is 10.9 Å². The highest BCUT2D eigenvalue weighted by Gasteiger charge is 2.23. The monoisotopic (exact) mass is 362 g/mol. The number of benzene rings is 2. The summed E-state index contributed by atoms with van der Waals surface area (Å²) in [6.45, 7) is 8.12. The van der Waals surface area contributed by atoms with Gasteiger partial charge in [0.25, 0.3) is 0 Å². The van der Waals surface area contributed by atoms with Crippen LogP contribution in [-0.4, -0.2) is 17.0 Å². The van der Waals surface area contributed by atoms with Crippen molar-refractivity contribution in [2.45, 2.75) is 52.5 Å². The number of amides is 1. The fourth-order valence-corrected chi connectivity index (χ4v) is 3.89. The Hall–Kier alpha value is -2.55. The average Bonchev–Trinajstić information content (AvgIpc) is 3.10. The van der Waals surface area contributed by atoms with Gasteiger partial charge < -0.3 is 9.88 Å². The minimum Gasteiger partial charge on any atom is -0.356 e. The Morgan fingerprint density at radius 1 is 1.04 bits per heavy atom. The first-order valence-corrected chi connectivity index (χ1v) is 10.1. The normalized spacial score (nSPS) is 12.3. The van der Waals surface area contributed by atoms with Crippen LogP contribution in [0.2, 0.25) is 0 Å². The second kappa shape index (κ2) is 8.90. The maximum atomic E-state index is 12.6. The standard InChI is InChI=1S/C24H30N2O/c1-4-15-25-23(27)16-21(19-11-8-7-9-12-19)22-17-26(6-3)24-18(5-2)13-10-14-20(22)24/h7-14,17,21H,4-6,15-16H2,1-3H3,(H,25,27). The van der Waals surface area contributed by atoms with Crippen molar-refractivity contribution in [3.05, 3.63) is 71.4 Å². The first-order chi connectivity index (χ1) is 13.2. The molecule has 1 N–H and O–H groups in total. The fraction of sp³-hybridized carbons (Fsp3) is 0.375. The Kier molecular flexibility index (Phi) is 6.33. The topological polar surface area (TPSA) is 34.0 Å². The number of carbonyl (C=O) groups is 1. The maximum absolute atomic E-state index is 12.6. The highest BCUT2D eigenvalue weighted by atomic mass is 16.1. The van der Waals surface area contributed by atoms with Gasteiger partial charge in [-0.25, -0.2) is 0 Å². The van der Waals surface area contributed by atoms with E-state index in [-0.39, 0.29) is 11.8 Å². The number of fused-ring (bicyclic) bond motifs is 1. The highest BCUT2D eigenvalue weighted by Crippen LogP contribution is 2.36. The number of aryl methyl sites for hydroxylation is 2. The molecule has 1 atom stereocenters. The molecule has 1 aromatic heterocycles. The highest BCUT2D eigenvalue weighted by molar-refractivity contribution is 5.89. The summed E-state index contributed by atoms with van der Waals surface area (Å²) in [5.74, 6) is 0.181. The molecule has 0 aliphatic heterocycles. The van der Waals surface area contributed by atoms with Gasteiger partial charge in [-0.1, -0.05) is 62.4 Å². The summed E-state index contributed by atoms with van der Waals surface area (Å²) < 4.78 is 2.34. The minimum absolute atomic E-state index is 0.0606. The van der Waals surface area contributed by atoms with Gasteiger partial charge in [0, 0.05) is 37.0 Å². The van der Waals surface area contributed by atoms with Gasteiger partial charge >= 0.3 is 0 Å². The number of hydrogen-bond acceptors (Lipinski definition) is 1. The van der Waals surface area contributed by atoms with Crippen LogP contribution >= 0.6 is 0 Å². The van der Waals surface area contributed by atoms with E-state index in [1.807, 2.05) is 6.07 Å². The summed E-state index contributed by atoms with van der Waals surface area (Å²) in [7, 11) is 0. The SMILES string of the molecule is CCCNC(=O)CC(c1ccccc1)c1cn(CC)c2c(CC)cccc12. The van der Waals surface area contributed by atoms with Crippen molar-refractivity contribution >= 4 is 16.8 Å². The lowest BCUT2D eigenvalue weighted by atomic mass is 9.87. The molecule has 3 heteroatoms. The second-order valence-electron chi connectivity index (χ2n) is 7.05. The predicted octanol–water partition coefficient (Wildman–Crippen LogP) is 5.27. The van der Waals surface area contributed by atoms with Gasteiger partial charge in [0.2, 0.25) is 5.91 Å². The van der Waals surface area contributed by atoms with Crippen LogP contribution in [0.1, 0.15) is 56.2 Å². The molecule has 0 aliphatic carbocycles. The van der Waals surface area contributed by atoms with E-state index < -0.39 is 0 Å². The molecule has 0 fully saturated rings. The zero-order valence-corrected chi connectivity index (χ0v) is 16.7. The summed E-state index contributed by atoms with van der Waals surface area (Å²) in [6, 6.07) is 17.0. The van der Waals surface area contributed by atoms with Crippen molar-refractivity contribution in [2.75, 3.05) is 6.54 Å². The van der Waals surface area contributed by atoms with Crippen molar-refractivity contribution in [1.82, 2.24) is 9.88 Å². The third kappa shape index (κ3) is 4.08. The Labute approximate surface area is 162 Å². The molecule has 27 heavy (non-hydrogen) atoms. The number of rotatable bonds is 8. The van der Waals surface area contributed by atoms with Crippen molar-refractivity contribution in [3.8, 4) is 0 Å². The first-order valence-electron chi connectivity index (χ1n) is 10.1. The molecule has 1 heterocycles. The van der Waals surface area contributed by atoms with Crippen LogP contribution in [0, 0.1) is 0 Å². The summed E-state index contributed by atoms with van der Waals surface area (Å²) in [5, 5.41) is 4.32. The molecule has 3 aromatic rings. The lowest BCUT2D eigenvalue weighted by Crippen LogP contribution is -2.26. The van der Waals surface area contributed by atoms with Gasteiger partial charge in [0.15, 0.2) is 0 Å². The molecule has 2 aromatic carbocycles. The zero-order chi connectivity index (χ0) is 19.2. The van der Waals surface area contributed by atoms with E-state index in [1.54, 1.807) is 0 Å². The van der Waals surface area contributed by atoms with Gasteiger partial charge in [-0.3, -0.25) is 4.79 Å². The predicted molar refractivity (Wildman–Crippen MR) is 113 cm³/mol. The molecule has 142 valence electrons. The molecule has 0 aliphatic rings. The third-order valence-electron chi connectivity index (χ3n) is 5.27. The summed E-state index contributed by atoms with van der Waals surface area (Å²) in [6.07, 6.45) is 4.70. The lowest BCUT2D eigenvalue weighted by molar-refractivity contribution is -0.121. The average molecular weight is 363 g/mol. The van der Waals surface area contributed by atoms with E-state index in [1.165, 1.54) is 27.6 Å². The van der Waals surface area contributed by atoms with Gasteiger partial charge in [-0.2, -0.15) is 0 Å². The molecule has 0 saturated heterocycles. The van der Waals surface area contributed by atoms with E-state index in [4.69, 9.17) is 0 Å². The zero-order valence-electron chi connectivity index (χ0n) is 16.7. The maximum Gasteiger partial charge on any atom is 0.220 e. The molecule has 0 radical (unpaired) electrons. The van der Waals surface area contributed by atoms with Gasteiger partial charge in [-0.05, 0) is 36.5 Å². The minimum atomic E-state index is 0.0606. The molecule has 0 saturated carbocycles. The van der Waals surface area contributed by atoms with Crippen LogP contribution in [0.15, 0.2) is 54.7 Å². The van der Waals surface area contributed by atoms with E-state index in [0.717, 1.165) is 25.9 Å². The van der Waals surface area contributed by atoms with Gasteiger partial charge in [0.05, 0.1) is 5.52 Å². The van der Waals surface area contributed by atoms with Crippen LogP contribution in [0.5, 0.6) is 0 Å². The Morgan fingerprint density at radius 2 is 1.81 bits per heavy atom. The number of carbonyl (C=O) groups excluding carboxylic acids is 1. The number of nitrogens with zero attached hydrogens (tertiary/aromatic N) is 1. The number of aromatic nitrogens is 1. The number of para-hydroxylation sites is 1. The molecule has 3 rings (SSSR count). The van der Waals surface area contributed by atoms with E-state index in [9.17, 15) is 4.79 Å². The number of nitrogens with one attached hydrogen (secondary N) is 1. The van der Waals surface area contributed by atoms with Crippen molar-refractivity contribution in [3.63, 3.8) is 0 Å². The Morgan fingerprint density at radius 3 is 2.48 bits per heavy atom. The second-order valence-corrected chi connectivity index (χ2v) is 7.05. The third-order valence-corrected chi connectivity index (χ3v) is 5.27. The van der Waals surface area contributed by atoms with Crippen molar-refractivity contribution in [2.24, 2.45) is 0 Å². The Bertz CT molecular complexity index is 895. The number of hydrogen-bond donors (Lipinski definition) is 1. The van der Waals surface area contributed by atoms with E-state index >= 15 is 0 Å². The van der Waals surface area contributed by atoms with Gasteiger partial charge in [-0.15, -0.1) is 0 Å². The fourth-order valence-electron chi connectivity index (χ4n) is 3.89. The van der Waals surface area contributed by atoms with E-state index in [0.29, 0.717) is 6.42 Å². The molecule has 0 spiro atoms. The molecular weight excluding hydrogens is 332 g/mol. The quantitative estimate of drug-likeness (QED) is 0.582. The van der Waals surface area contributed by atoms with Crippen molar-refractivity contribution in [1.29, 1.82) is 0 Å². The Balaban J connectivity index is 2.11. The molecule has 1 unspecified atom stereocenters. The molecular formula is C24H30N2O. The molecule has 3 nitrogen and oxygen atoms in total. The summed E-state index contributed by atoms with van der Waals surface area (Å²) >= 11 is 0. The smallest absolute Gasteiger partial charge is 0.220 e. The molecule has 0 bridgehead atoms. The van der Waals surface area contributed by atoms with Crippen LogP contribution in [0.3, 0.4) is 0 Å². The summed E-state index contributed by atoms with van der Waals surface area (Å²) in [4.78, 5) is 12.6. The largest absolute Gasteiger partial charge is 0.356 e. The van der Waals surface area contributed by atoms with Crippen LogP contribution in [0.4, 0.5) is 0 Å². The van der Waals surface area contributed by atoms with Crippen molar-refractivity contribution < 1.29 is 4.79 Å². The lowest BCUT2D eigenvalue weighted by Gasteiger charge is -2.17. The molecule has 1 amide bonds.